The minimum atomic E-state index is -4.48. The van der Waals surface area contributed by atoms with Crippen molar-refractivity contribution >= 4 is 27.5 Å². The highest BCUT2D eigenvalue weighted by molar-refractivity contribution is 7.86. The average molecular weight is 854 g/mol. The number of carbonyl (C=O) groups excluding carboxylic acids is 1. The molecule has 0 unspecified atom stereocenters. The van der Waals surface area contributed by atoms with E-state index in [0.717, 1.165) is 34.4 Å². The lowest BCUT2D eigenvalue weighted by Gasteiger charge is -2.18. The zero-order chi connectivity index (χ0) is 42.5. The molecule has 0 fully saturated rings. The molecule has 0 saturated carbocycles. The third kappa shape index (κ3) is 12.6. The van der Waals surface area contributed by atoms with Crippen LogP contribution in [-0.4, -0.2) is 95.1 Å². The van der Waals surface area contributed by atoms with E-state index < -0.39 is 21.9 Å². The number of alkyl halides is 3. The number of aromatic nitrogens is 3. The van der Waals surface area contributed by atoms with Crippen molar-refractivity contribution in [3.05, 3.63) is 114 Å². The van der Waals surface area contributed by atoms with Crippen LogP contribution in [-0.2, 0) is 63.6 Å². The lowest BCUT2D eigenvalue weighted by Crippen LogP contribution is -2.30. The number of nitrogens with two attached hydrogens (primary N) is 1. The summed E-state index contributed by atoms with van der Waals surface area (Å²) >= 11 is 0. The Kier molecular flexibility index (Phi) is 15.3. The van der Waals surface area contributed by atoms with Crippen molar-refractivity contribution in [3.63, 3.8) is 0 Å². The van der Waals surface area contributed by atoms with Crippen molar-refractivity contribution in [1.82, 2.24) is 14.8 Å². The SMILES string of the molecule is Cc1ccc(S(=O)(=O)OCCOCCOCCOCCOCCn2cc(-c3cnc(N)c(Oc4ccc5c(c4)CCN5C(=O)Cc4cccc(C(F)(F)F)c4)c3)cn2)cc1. The highest BCUT2D eigenvalue weighted by atomic mass is 32.2. The van der Waals surface area contributed by atoms with Gasteiger partial charge in [-0.25, -0.2) is 4.98 Å². The molecule has 0 spiro atoms. The summed E-state index contributed by atoms with van der Waals surface area (Å²) in [5, 5.41) is 4.42. The highest BCUT2D eigenvalue weighted by Crippen LogP contribution is 2.36. The summed E-state index contributed by atoms with van der Waals surface area (Å²) in [7, 11) is -3.81. The second-order valence-corrected chi connectivity index (χ2v) is 15.3. The van der Waals surface area contributed by atoms with Gasteiger partial charge in [-0.3, -0.25) is 13.7 Å². The fraction of sp³-hybridized carbons (Fsp3) is 0.357. The van der Waals surface area contributed by atoms with Crippen molar-refractivity contribution in [2.24, 2.45) is 0 Å². The number of rotatable bonds is 22. The van der Waals surface area contributed by atoms with Crippen molar-refractivity contribution in [2.75, 3.05) is 76.6 Å². The Hall–Kier alpha value is -5.37. The number of benzene rings is 3. The predicted octanol–water partition coefficient (Wildman–Crippen LogP) is 6.25. The van der Waals surface area contributed by atoms with E-state index in [2.05, 4.69) is 10.1 Å². The Morgan fingerprint density at radius 1 is 0.817 bits per heavy atom. The Balaban J connectivity index is 0.849. The third-order valence-electron chi connectivity index (χ3n) is 9.29. The molecule has 0 bridgehead atoms. The minimum Gasteiger partial charge on any atom is -0.453 e. The lowest BCUT2D eigenvalue weighted by atomic mass is 10.1. The van der Waals surface area contributed by atoms with Gasteiger partial charge < -0.3 is 34.3 Å². The van der Waals surface area contributed by atoms with Crippen LogP contribution in [0.25, 0.3) is 11.1 Å². The zero-order valence-electron chi connectivity index (χ0n) is 32.9. The number of carbonyl (C=O) groups is 1. The van der Waals surface area contributed by atoms with Crippen molar-refractivity contribution in [3.8, 4) is 22.6 Å². The number of nitrogens with zero attached hydrogens (tertiary/aromatic N) is 4. The molecule has 0 atom stereocenters. The van der Waals surface area contributed by atoms with Crippen LogP contribution in [0.15, 0.2) is 96.3 Å². The van der Waals surface area contributed by atoms with Gasteiger partial charge in [-0.15, -0.1) is 0 Å². The summed E-state index contributed by atoms with van der Waals surface area (Å²) < 4.78 is 98.7. The molecule has 2 N–H and O–H groups in total. The van der Waals surface area contributed by atoms with Gasteiger partial charge in [0.15, 0.2) is 11.6 Å². The smallest absolute Gasteiger partial charge is 0.416 e. The summed E-state index contributed by atoms with van der Waals surface area (Å²) in [6, 6.07) is 18.3. The van der Waals surface area contributed by atoms with Crippen LogP contribution in [0.1, 0.15) is 22.3 Å². The molecule has 5 aromatic rings. The molecule has 18 heteroatoms. The van der Waals surface area contributed by atoms with E-state index >= 15 is 0 Å². The first kappa shape index (κ1) is 44.2. The number of ether oxygens (including phenoxy) is 5. The second kappa shape index (κ2) is 20.7. The fourth-order valence-electron chi connectivity index (χ4n) is 6.18. The van der Waals surface area contributed by atoms with Crippen LogP contribution in [0.4, 0.5) is 24.7 Å². The molecule has 6 rings (SSSR count). The molecule has 60 heavy (non-hydrogen) atoms. The van der Waals surface area contributed by atoms with Gasteiger partial charge in [-0.05, 0) is 66.9 Å². The first-order valence-corrected chi connectivity index (χ1v) is 20.6. The van der Waals surface area contributed by atoms with Gasteiger partial charge in [-0.2, -0.15) is 26.7 Å². The number of nitrogen functional groups attached to an aromatic ring is 1. The van der Waals surface area contributed by atoms with Gasteiger partial charge in [0, 0.05) is 35.8 Å². The lowest BCUT2D eigenvalue weighted by molar-refractivity contribution is -0.137. The number of amides is 1. The molecule has 0 radical (unpaired) electrons. The predicted molar refractivity (Wildman–Crippen MR) is 215 cm³/mol. The number of aryl methyl sites for hydroxylation is 1. The van der Waals surface area contributed by atoms with E-state index in [0.29, 0.717) is 88.5 Å². The molecule has 1 aliphatic rings. The number of fused-ring (bicyclic) bond motifs is 1. The van der Waals surface area contributed by atoms with E-state index in [-0.39, 0.29) is 36.3 Å². The molecule has 0 aliphatic carbocycles. The largest absolute Gasteiger partial charge is 0.453 e. The highest BCUT2D eigenvalue weighted by Gasteiger charge is 2.31. The first-order chi connectivity index (χ1) is 28.9. The Morgan fingerprint density at radius 3 is 2.20 bits per heavy atom. The molecular weight excluding hydrogens is 808 g/mol. The zero-order valence-corrected chi connectivity index (χ0v) is 33.8. The minimum absolute atomic E-state index is 0.0901. The normalized spacial score (nSPS) is 12.8. The number of anilines is 2. The van der Waals surface area contributed by atoms with E-state index in [4.69, 9.17) is 33.6 Å². The summed E-state index contributed by atoms with van der Waals surface area (Å²) in [6.45, 7) is 5.37. The van der Waals surface area contributed by atoms with Gasteiger partial charge in [0.25, 0.3) is 10.1 Å². The van der Waals surface area contributed by atoms with Crippen molar-refractivity contribution in [2.45, 2.75) is 37.4 Å². The van der Waals surface area contributed by atoms with Crippen LogP contribution in [0, 0.1) is 6.92 Å². The van der Waals surface area contributed by atoms with Gasteiger partial charge in [0.05, 0.1) is 89.1 Å². The molecule has 3 aromatic carbocycles. The molecule has 0 saturated heterocycles. The van der Waals surface area contributed by atoms with Gasteiger partial charge in [0.2, 0.25) is 5.91 Å². The molecular formula is C42H46F3N5O9S. The number of pyridine rings is 1. The van der Waals surface area contributed by atoms with E-state index in [9.17, 15) is 26.4 Å². The molecule has 320 valence electrons. The Morgan fingerprint density at radius 2 is 1.50 bits per heavy atom. The van der Waals surface area contributed by atoms with E-state index in [1.165, 1.54) is 24.3 Å². The fourth-order valence-corrected chi connectivity index (χ4v) is 7.07. The molecule has 2 aromatic heterocycles. The topological polar surface area (TPSA) is 167 Å². The summed E-state index contributed by atoms with van der Waals surface area (Å²) in [5.74, 6) is 0.732. The van der Waals surface area contributed by atoms with Crippen LogP contribution in [0.5, 0.6) is 11.5 Å². The monoisotopic (exact) mass is 853 g/mol. The molecule has 1 amide bonds. The maximum Gasteiger partial charge on any atom is 0.416 e. The van der Waals surface area contributed by atoms with E-state index in [1.807, 2.05) is 19.2 Å². The summed E-state index contributed by atoms with van der Waals surface area (Å²) in [5.41, 5.74) is 9.71. The van der Waals surface area contributed by atoms with Crippen LogP contribution in [0.3, 0.4) is 0 Å². The van der Waals surface area contributed by atoms with Crippen LogP contribution >= 0.6 is 0 Å². The first-order valence-electron chi connectivity index (χ1n) is 19.2. The maximum absolute atomic E-state index is 13.2. The number of hydrogen-bond acceptors (Lipinski definition) is 12. The van der Waals surface area contributed by atoms with Gasteiger partial charge >= 0.3 is 6.18 Å². The van der Waals surface area contributed by atoms with Gasteiger partial charge in [-0.1, -0.05) is 35.9 Å². The molecule has 3 heterocycles. The molecule has 14 nitrogen and oxygen atoms in total. The van der Waals surface area contributed by atoms with Crippen molar-refractivity contribution in [1.29, 1.82) is 0 Å². The van der Waals surface area contributed by atoms with Crippen LogP contribution < -0.4 is 15.4 Å². The summed E-state index contributed by atoms with van der Waals surface area (Å²) in [4.78, 5) is 19.1. The second-order valence-electron chi connectivity index (χ2n) is 13.7. The maximum atomic E-state index is 13.2. The van der Waals surface area contributed by atoms with Crippen LogP contribution in [0.2, 0.25) is 0 Å². The van der Waals surface area contributed by atoms with Gasteiger partial charge in [0.1, 0.15) is 5.75 Å². The summed E-state index contributed by atoms with van der Waals surface area (Å²) in [6.07, 6.45) is 1.12. The van der Waals surface area contributed by atoms with Crippen molar-refractivity contribution < 1.29 is 54.3 Å². The van der Waals surface area contributed by atoms with E-state index in [1.54, 1.807) is 52.3 Å². The Bertz CT molecular complexity index is 2310. The number of hydrogen-bond donors (Lipinski definition) is 1. The average Bonchev–Trinajstić information content (AvgIpc) is 3.88. The quantitative estimate of drug-likeness (QED) is 0.0616. The standard InChI is InChI=1S/C42H46F3N5O9S/c1-30-5-8-37(9-6-30)60(52,53)58-22-21-57-20-19-56-18-17-55-16-15-54-14-13-49-29-34(28-48-49)33-26-39(41(46)47-27-33)59-36-7-10-38-32(25-36)11-12-50(38)40(51)24-31-3-2-4-35(23-31)42(43,44)45/h2-10,23,25-29H,11-22,24H2,1H3,(H2,46,47). The molecule has 1 aliphatic heterocycles. The number of halogens is 3. The third-order valence-corrected chi connectivity index (χ3v) is 10.6. The Labute approximate surface area is 346 Å².